The van der Waals surface area contributed by atoms with Crippen LogP contribution < -0.4 is 11.1 Å². The summed E-state index contributed by atoms with van der Waals surface area (Å²) < 4.78 is 4.65. The number of hydrogen-bond donors (Lipinski definition) is 4. The Labute approximate surface area is 280 Å². The molecule has 5 rings (SSSR count). The fourth-order valence-electron chi connectivity index (χ4n) is 5.55. The lowest BCUT2D eigenvalue weighted by molar-refractivity contribution is 0.0451. The minimum Gasteiger partial charge on any atom is -0.465 e. The molecule has 46 heavy (non-hydrogen) atoms. The van der Waals surface area contributed by atoms with E-state index in [9.17, 15) is 19.8 Å². The largest absolute Gasteiger partial charge is 0.465 e. The van der Waals surface area contributed by atoms with Crippen LogP contribution in [0.1, 0.15) is 83.2 Å². The maximum absolute atomic E-state index is 12.5. The standard InChI is InChI=1S/C23H22ClNO4.C14H16ClNO/c1-29-22(27)18-9-7-17(8-10-18)21(26)25-20-6-3-12-23(28,15-20)13-11-16-4-2-5-19(24)14-16;15-12-4-1-3-11(9-12)6-8-14(17)7-2-5-13(16)10-14/h2,4-5,7-10,14,20,28H,3,6,12,15H2,1H3,(H,25,26);1,3-4,9,13,17H,2,5,7,10,16H2/t20-,23+;13-,14+/m00/s1. The summed E-state index contributed by atoms with van der Waals surface area (Å²) in [5, 5.41) is 25.4. The lowest BCUT2D eigenvalue weighted by Gasteiger charge is -2.33. The van der Waals surface area contributed by atoms with Gasteiger partial charge in [-0.15, -0.1) is 0 Å². The van der Waals surface area contributed by atoms with Crippen LogP contribution in [-0.4, -0.2) is 52.5 Å². The van der Waals surface area contributed by atoms with Gasteiger partial charge in [0.15, 0.2) is 0 Å². The molecule has 3 aromatic rings. The molecule has 0 spiro atoms. The number of amides is 1. The van der Waals surface area contributed by atoms with E-state index in [1.807, 2.05) is 24.3 Å². The zero-order valence-electron chi connectivity index (χ0n) is 25.7. The van der Waals surface area contributed by atoms with E-state index >= 15 is 0 Å². The fraction of sp³-hybridized carbons (Fsp3) is 0.351. The van der Waals surface area contributed by atoms with Gasteiger partial charge in [-0.1, -0.05) is 59.0 Å². The topological polar surface area (TPSA) is 122 Å². The molecular weight excluding hydrogens is 623 g/mol. The van der Waals surface area contributed by atoms with Crippen molar-refractivity contribution in [1.82, 2.24) is 5.32 Å². The van der Waals surface area contributed by atoms with Gasteiger partial charge in [-0.05, 0) is 99.2 Å². The summed E-state index contributed by atoms with van der Waals surface area (Å²) in [5.41, 5.74) is 6.15. The van der Waals surface area contributed by atoms with Gasteiger partial charge < -0.3 is 26.0 Å². The molecule has 0 unspecified atom stereocenters. The van der Waals surface area contributed by atoms with Crippen molar-refractivity contribution in [3.63, 3.8) is 0 Å². The molecule has 2 aliphatic carbocycles. The van der Waals surface area contributed by atoms with Gasteiger partial charge in [-0.3, -0.25) is 4.79 Å². The molecule has 0 saturated heterocycles. The van der Waals surface area contributed by atoms with Gasteiger partial charge in [0.25, 0.3) is 5.91 Å². The number of hydrogen-bond acceptors (Lipinski definition) is 6. The van der Waals surface area contributed by atoms with Gasteiger partial charge in [-0.2, -0.15) is 0 Å². The van der Waals surface area contributed by atoms with E-state index in [4.69, 9.17) is 28.9 Å². The van der Waals surface area contributed by atoms with E-state index in [1.54, 1.807) is 48.5 Å². The number of aliphatic hydroxyl groups is 2. The Morgan fingerprint density at radius 2 is 1.35 bits per heavy atom. The van der Waals surface area contributed by atoms with Crippen LogP contribution in [0.2, 0.25) is 10.0 Å². The normalized spacial score (nSPS) is 23.6. The highest BCUT2D eigenvalue weighted by Crippen LogP contribution is 2.29. The third-order valence-corrected chi connectivity index (χ3v) is 8.39. The number of methoxy groups -OCH3 is 1. The van der Waals surface area contributed by atoms with Crippen molar-refractivity contribution < 1.29 is 24.5 Å². The van der Waals surface area contributed by atoms with Gasteiger partial charge >= 0.3 is 5.97 Å². The van der Waals surface area contributed by atoms with Gasteiger partial charge in [0.2, 0.25) is 0 Å². The van der Waals surface area contributed by atoms with Crippen molar-refractivity contribution in [2.45, 2.75) is 74.7 Å². The van der Waals surface area contributed by atoms with Crippen LogP contribution in [0.15, 0.2) is 72.8 Å². The van der Waals surface area contributed by atoms with E-state index in [1.165, 1.54) is 7.11 Å². The maximum atomic E-state index is 12.5. The fourth-order valence-corrected chi connectivity index (χ4v) is 5.93. The zero-order valence-corrected chi connectivity index (χ0v) is 27.2. The van der Waals surface area contributed by atoms with Crippen LogP contribution >= 0.6 is 23.2 Å². The van der Waals surface area contributed by atoms with Crippen LogP contribution in [0.5, 0.6) is 0 Å². The Balaban J connectivity index is 0.000000240. The third-order valence-electron chi connectivity index (χ3n) is 7.92. The minimum atomic E-state index is -1.16. The molecule has 0 radical (unpaired) electrons. The number of esters is 1. The first-order valence-electron chi connectivity index (χ1n) is 15.2. The van der Waals surface area contributed by atoms with Gasteiger partial charge in [0, 0.05) is 51.7 Å². The SMILES string of the molecule is COC(=O)c1ccc(C(=O)N[C@H]2CCC[C@@](O)(C#Cc3cccc(Cl)c3)C2)cc1.N[C@H]1CCC[C@@](O)(C#Cc2cccc(Cl)c2)C1. The molecule has 9 heteroatoms. The number of nitrogens with two attached hydrogens (primary N) is 1. The molecule has 7 nitrogen and oxygen atoms in total. The molecule has 240 valence electrons. The zero-order chi connectivity index (χ0) is 33.2. The number of benzene rings is 3. The average Bonchev–Trinajstić information content (AvgIpc) is 3.03. The van der Waals surface area contributed by atoms with E-state index in [2.05, 4.69) is 33.7 Å². The summed E-state index contributed by atoms with van der Waals surface area (Å²) in [6, 6.07) is 20.6. The first-order chi connectivity index (χ1) is 22.0. The Hall–Kier alpha value is -3.82. The minimum absolute atomic E-state index is 0.0578. The maximum Gasteiger partial charge on any atom is 0.337 e. The number of carbonyl (C=O) groups excluding carboxylic acids is 2. The molecule has 2 aliphatic rings. The van der Waals surface area contributed by atoms with Gasteiger partial charge in [0.05, 0.1) is 12.7 Å². The van der Waals surface area contributed by atoms with Crippen LogP contribution in [-0.2, 0) is 4.74 Å². The Morgan fingerprint density at radius 1 is 0.826 bits per heavy atom. The predicted molar refractivity (Wildman–Crippen MR) is 181 cm³/mol. The van der Waals surface area contributed by atoms with Crippen LogP contribution in [0, 0.1) is 23.7 Å². The molecule has 0 bridgehead atoms. The third kappa shape index (κ3) is 10.6. The summed E-state index contributed by atoms with van der Waals surface area (Å²) in [4.78, 5) is 24.0. The van der Waals surface area contributed by atoms with Crippen LogP contribution in [0.25, 0.3) is 0 Å². The Kier molecular flexibility index (Phi) is 12.3. The summed E-state index contributed by atoms with van der Waals surface area (Å²) in [5.74, 6) is 11.2. The second-order valence-electron chi connectivity index (χ2n) is 11.8. The van der Waals surface area contributed by atoms with E-state index in [0.29, 0.717) is 46.9 Å². The lowest BCUT2D eigenvalue weighted by Crippen LogP contribution is -2.45. The molecule has 5 N–H and O–H groups in total. The molecule has 3 aromatic carbocycles. The molecule has 4 atom stereocenters. The number of nitrogens with one attached hydrogen (secondary N) is 1. The smallest absolute Gasteiger partial charge is 0.337 e. The van der Waals surface area contributed by atoms with Crippen molar-refractivity contribution in [2.75, 3.05) is 7.11 Å². The highest BCUT2D eigenvalue weighted by molar-refractivity contribution is 6.31. The number of carbonyl (C=O) groups is 2. The van der Waals surface area contributed by atoms with E-state index < -0.39 is 17.2 Å². The number of ether oxygens (including phenoxy) is 1. The van der Waals surface area contributed by atoms with Crippen LogP contribution in [0.4, 0.5) is 0 Å². The second kappa shape index (κ2) is 16.1. The number of rotatable bonds is 3. The highest BCUT2D eigenvalue weighted by atomic mass is 35.5. The monoisotopic (exact) mass is 660 g/mol. The van der Waals surface area contributed by atoms with Crippen molar-refractivity contribution in [3.05, 3.63) is 105 Å². The quantitative estimate of drug-likeness (QED) is 0.205. The molecule has 0 heterocycles. The molecule has 2 saturated carbocycles. The molecular formula is C37H38Cl2N2O5. The Bertz CT molecular complexity index is 1660. The molecule has 2 fully saturated rings. The highest BCUT2D eigenvalue weighted by Gasteiger charge is 2.34. The van der Waals surface area contributed by atoms with E-state index in [0.717, 1.165) is 36.8 Å². The average molecular weight is 662 g/mol. The molecule has 0 aromatic heterocycles. The second-order valence-corrected chi connectivity index (χ2v) is 12.6. The number of halogens is 2. The van der Waals surface area contributed by atoms with Gasteiger partial charge in [0.1, 0.15) is 11.2 Å². The van der Waals surface area contributed by atoms with Crippen molar-refractivity contribution in [2.24, 2.45) is 5.73 Å². The first-order valence-corrected chi connectivity index (χ1v) is 16.0. The van der Waals surface area contributed by atoms with Crippen molar-refractivity contribution in [3.8, 4) is 23.7 Å². The Morgan fingerprint density at radius 3 is 1.87 bits per heavy atom. The van der Waals surface area contributed by atoms with Crippen molar-refractivity contribution in [1.29, 1.82) is 0 Å². The van der Waals surface area contributed by atoms with Crippen LogP contribution in [0.3, 0.4) is 0 Å². The van der Waals surface area contributed by atoms with Gasteiger partial charge in [-0.25, -0.2) is 4.79 Å². The first kappa shape index (κ1) is 35.0. The predicted octanol–water partition coefficient (Wildman–Crippen LogP) is 5.91. The lowest BCUT2D eigenvalue weighted by atomic mass is 9.82. The molecule has 1 amide bonds. The summed E-state index contributed by atoms with van der Waals surface area (Å²) in [6.07, 6.45) is 5.60. The molecule has 0 aliphatic heterocycles. The summed E-state index contributed by atoms with van der Waals surface area (Å²) in [7, 11) is 1.31. The summed E-state index contributed by atoms with van der Waals surface area (Å²) in [6.45, 7) is 0. The van der Waals surface area contributed by atoms with E-state index in [-0.39, 0.29) is 18.0 Å². The van der Waals surface area contributed by atoms with Crippen molar-refractivity contribution >= 4 is 35.1 Å². The summed E-state index contributed by atoms with van der Waals surface area (Å²) >= 11 is 11.8.